The van der Waals surface area contributed by atoms with Crippen LogP contribution in [0.1, 0.15) is 10.5 Å². The van der Waals surface area contributed by atoms with Crippen LogP contribution in [0.2, 0.25) is 5.02 Å². The molecular weight excluding hydrogens is 246 g/mol. The molecular formula is C11H8ClNO4. The summed E-state index contributed by atoms with van der Waals surface area (Å²) in [5.41, 5.74) is -0.0754. The maximum Gasteiger partial charge on any atom is 0.354 e. The number of carboxylic acid groups (broad SMARTS) is 1. The van der Waals surface area contributed by atoms with Crippen molar-refractivity contribution in [2.24, 2.45) is 0 Å². The number of aromatic carboxylic acids is 1. The average molecular weight is 254 g/mol. The van der Waals surface area contributed by atoms with Crippen LogP contribution in [0.15, 0.2) is 18.2 Å². The van der Waals surface area contributed by atoms with Crippen LogP contribution in [0.25, 0.3) is 10.9 Å². The molecule has 88 valence electrons. The Labute approximate surface area is 101 Å². The number of pyridine rings is 1. The molecule has 0 atom stereocenters. The minimum Gasteiger partial charge on any atom is -0.507 e. The number of halogens is 1. The number of aromatic hydroxyl groups is 1. The Morgan fingerprint density at radius 1 is 1.47 bits per heavy atom. The normalized spacial score (nSPS) is 10.5. The number of aromatic nitrogens is 1. The summed E-state index contributed by atoms with van der Waals surface area (Å²) < 4.78 is 4.99. The van der Waals surface area contributed by atoms with Gasteiger partial charge in [0.05, 0.1) is 12.6 Å². The van der Waals surface area contributed by atoms with Gasteiger partial charge in [-0.05, 0) is 12.1 Å². The molecule has 0 unspecified atom stereocenters. The molecule has 0 aliphatic heterocycles. The number of carbonyl (C=O) groups is 1. The standard InChI is InChI=1S/C11H8ClNO4/c1-17-8-3-2-5-7(14)4-6(11(15)16)13-10(5)9(8)12/h2-4H,1H3,(H,13,14)(H,15,16). The van der Waals surface area contributed by atoms with Gasteiger partial charge in [0.15, 0.2) is 5.69 Å². The van der Waals surface area contributed by atoms with E-state index in [1.807, 2.05) is 0 Å². The van der Waals surface area contributed by atoms with Gasteiger partial charge in [0, 0.05) is 11.5 Å². The molecule has 17 heavy (non-hydrogen) atoms. The summed E-state index contributed by atoms with van der Waals surface area (Å²) in [4.78, 5) is 14.7. The van der Waals surface area contributed by atoms with Crippen LogP contribution in [0.4, 0.5) is 0 Å². The molecule has 1 aromatic heterocycles. The van der Waals surface area contributed by atoms with Crippen LogP contribution in [0.5, 0.6) is 11.5 Å². The quantitative estimate of drug-likeness (QED) is 0.858. The fourth-order valence-corrected chi connectivity index (χ4v) is 1.77. The summed E-state index contributed by atoms with van der Waals surface area (Å²) in [6.07, 6.45) is 0. The van der Waals surface area contributed by atoms with E-state index < -0.39 is 5.97 Å². The van der Waals surface area contributed by atoms with Gasteiger partial charge in [-0.3, -0.25) is 0 Å². The van der Waals surface area contributed by atoms with E-state index in [1.54, 1.807) is 12.1 Å². The van der Waals surface area contributed by atoms with Crippen LogP contribution in [0, 0.1) is 0 Å². The second-order valence-electron chi connectivity index (χ2n) is 3.31. The van der Waals surface area contributed by atoms with Crippen molar-refractivity contribution in [2.45, 2.75) is 0 Å². The van der Waals surface area contributed by atoms with Gasteiger partial charge in [-0.15, -0.1) is 0 Å². The van der Waals surface area contributed by atoms with Crippen LogP contribution >= 0.6 is 11.6 Å². The predicted octanol–water partition coefficient (Wildman–Crippen LogP) is 2.30. The lowest BCUT2D eigenvalue weighted by Crippen LogP contribution is -2.00. The molecule has 0 saturated heterocycles. The molecule has 0 radical (unpaired) electrons. The number of fused-ring (bicyclic) bond motifs is 1. The zero-order chi connectivity index (χ0) is 12.6. The van der Waals surface area contributed by atoms with Crippen molar-refractivity contribution >= 4 is 28.5 Å². The fourth-order valence-electron chi connectivity index (χ4n) is 1.49. The summed E-state index contributed by atoms with van der Waals surface area (Å²) in [6.45, 7) is 0. The third kappa shape index (κ3) is 1.85. The number of ether oxygens (including phenoxy) is 1. The van der Waals surface area contributed by atoms with Crippen molar-refractivity contribution in [3.8, 4) is 11.5 Å². The zero-order valence-electron chi connectivity index (χ0n) is 8.77. The van der Waals surface area contributed by atoms with Gasteiger partial charge in [-0.25, -0.2) is 9.78 Å². The van der Waals surface area contributed by atoms with Gasteiger partial charge in [0.25, 0.3) is 0 Å². The molecule has 2 aromatic rings. The monoisotopic (exact) mass is 253 g/mol. The molecule has 0 bridgehead atoms. The average Bonchev–Trinajstić information content (AvgIpc) is 2.30. The number of rotatable bonds is 2. The highest BCUT2D eigenvalue weighted by Crippen LogP contribution is 2.35. The van der Waals surface area contributed by atoms with Crippen LogP contribution in [-0.4, -0.2) is 28.3 Å². The highest BCUT2D eigenvalue weighted by molar-refractivity contribution is 6.36. The number of benzene rings is 1. The molecule has 1 aromatic carbocycles. The molecule has 0 saturated carbocycles. The van der Waals surface area contributed by atoms with Crippen LogP contribution in [0.3, 0.4) is 0 Å². The summed E-state index contributed by atoms with van der Waals surface area (Å²) in [5, 5.41) is 19.1. The number of methoxy groups -OCH3 is 1. The summed E-state index contributed by atoms with van der Waals surface area (Å²) in [7, 11) is 1.44. The largest absolute Gasteiger partial charge is 0.507 e. The second kappa shape index (κ2) is 4.10. The van der Waals surface area contributed by atoms with Gasteiger partial charge in [0.2, 0.25) is 0 Å². The molecule has 5 nitrogen and oxygen atoms in total. The molecule has 1 heterocycles. The Kier molecular flexibility index (Phi) is 2.77. The second-order valence-corrected chi connectivity index (χ2v) is 3.69. The highest BCUT2D eigenvalue weighted by Gasteiger charge is 2.14. The lowest BCUT2D eigenvalue weighted by molar-refractivity contribution is 0.0690. The van der Waals surface area contributed by atoms with E-state index in [4.69, 9.17) is 21.4 Å². The molecule has 6 heteroatoms. The lowest BCUT2D eigenvalue weighted by Gasteiger charge is -2.07. The Morgan fingerprint density at radius 2 is 2.18 bits per heavy atom. The van der Waals surface area contributed by atoms with E-state index in [1.165, 1.54) is 7.11 Å². The first-order chi connectivity index (χ1) is 8.04. The van der Waals surface area contributed by atoms with Crippen molar-refractivity contribution in [3.05, 3.63) is 28.9 Å². The van der Waals surface area contributed by atoms with Crippen molar-refractivity contribution in [3.63, 3.8) is 0 Å². The third-order valence-electron chi connectivity index (χ3n) is 2.30. The number of nitrogens with zero attached hydrogens (tertiary/aromatic N) is 1. The first-order valence-corrected chi connectivity index (χ1v) is 5.02. The molecule has 2 N–H and O–H groups in total. The van der Waals surface area contributed by atoms with Crippen molar-refractivity contribution < 1.29 is 19.7 Å². The minimum absolute atomic E-state index is 0.170. The van der Waals surface area contributed by atoms with Crippen LogP contribution in [-0.2, 0) is 0 Å². The van der Waals surface area contributed by atoms with E-state index in [0.29, 0.717) is 11.1 Å². The van der Waals surface area contributed by atoms with E-state index in [2.05, 4.69) is 4.98 Å². The van der Waals surface area contributed by atoms with Gasteiger partial charge in [-0.2, -0.15) is 0 Å². The molecule has 2 rings (SSSR count). The minimum atomic E-state index is -1.24. The maximum absolute atomic E-state index is 10.8. The van der Waals surface area contributed by atoms with Crippen molar-refractivity contribution in [1.29, 1.82) is 0 Å². The van der Waals surface area contributed by atoms with Gasteiger partial charge in [0.1, 0.15) is 16.5 Å². The summed E-state index contributed by atoms with van der Waals surface area (Å²) >= 11 is 6.00. The molecule has 0 fully saturated rings. The fraction of sp³-hybridized carbons (Fsp3) is 0.0909. The summed E-state index contributed by atoms with van der Waals surface area (Å²) in [6, 6.07) is 4.22. The Bertz CT molecular complexity index is 612. The SMILES string of the molecule is COc1ccc2c(O)cc(C(=O)O)nc2c1Cl. The molecule has 0 spiro atoms. The zero-order valence-corrected chi connectivity index (χ0v) is 9.52. The molecule has 0 aliphatic carbocycles. The predicted molar refractivity (Wildman–Crippen MR) is 61.9 cm³/mol. The number of hydrogen-bond donors (Lipinski definition) is 2. The smallest absolute Gasteiger partial charge is 0.354 e. The van der Waals surface area contributed by atoms with Crippen molar-refractivity contribution in [2.75, 3.05) is 7.11 Å². The Hall–Kier alpha value is -2.01. The Morgan fingerprint density at radius 3 is 2.76 bits per heavy atom. The van der Waals surface area contributed by atoms with E-state index in [9.17, 15) is 9.90 Å². The topological polar surface area (TPSA) is 79.7 Å². The first-order valence-electron chi connectivity index (χ1n) is 4.64. The summed E-state index contributed by atoms with van der Waals surface area (Å²) in [5.74, 6) is -1.05. The highest BCUT2D eigenvalue weighted by atomic mass is 35.5. The van der Waals surface area contributed by atoms with E-state index in [-0.39, 0.29) is 22.0 Å². The first kappa shape index (κ1) is 11.5. The third-order valence-corrected chi connectivity index (χ3v) is 2.67. The maximum atomic E-state index is 10.8. The van der Waals surface area contributed by atoms with Crippen molar-refractivity contribution in [1.82, 2.24) is 4.98 Å². The lowest BCUT2D eigenvalue weighted by atomic mass is 10.1. The molecule has 0 amide bonds. The van der Waals surface area contributed by atoms with E-state index in [0.717, 1.165) is 6.07 Å². The van der Waals surface area contributed by atoms with Gasteiger partial charge < -0.3 is 14.9 Å². The van der Waals surface area contributed by atoms with Crippen LogP contribution < -0.4 is 4.74 Å². The number of carboxylic acids is 1. The van der Waals surface area contributed by atoms with E-state index >= 15 is 0 Å². The Balaban J connectivity index is 2.83. The number of hydrogen-bond acceptors (Lipinski definition) is 4. The van der Waals surface area contributed by atoms with Gasteiger partial charge in [-0.1, -0.05) is 11.6 Å². The molecule has 0 aliphatic rings. The van der Waals surface area contributed by atoms with Gasteiger partial charge >= 0.3 is 5.97 Å².